The number of nitrogens with two attached hydrogens (primary N) is 1. The first kappa shape index (κ1) is 14.0. The first-order chi connectivity index (χ1) is 8.79. The Hall–Kier alpha value is -1.44. The molecule has 0 unspecified atom stereocenters. The number of hydrogen-bond donors (Lipinski definition) is 1. The summed E-state index contributed by atoms with van der Waals surface area (Å²) in [5, 5.41) is 4.78. The molecule has 5 nitrogen and oxygen atoms in total. The van der Waals surface area contributed by atoms with Crippen LogP contribution >= 0.6 is 11.6 Å². The number of hydrogen-bond acceptors (Lipinski definition) is 3. The smallest absolute Gasteiger partial charge is 0.257 e. The normalized spacial score (nSPS) is 11.8. The van der Waals surface area contributed by atoms with Gasteiger partial charge in [0.1, 0.15) is 11.6 Å². The van der Waals surface area contributed by atoms with E-state index in [4.69, 9.17) is 16.7 Å². The first-order valence-electron chi connectivity index (χ1n) is 5.28. The number of primary sulfonamides is 1. The third kappa shape index (κ3) is 2.94. The molecule has 2 N–H and O–H groups in total. The molecule has 1 aromatic carbocycles. The molecular formula is C11H11ClFN3O2S. The van der Waals surface area contributed by atoms with Gasteiger partial charge in [0, 0.05) is 6.20 Å². The van der Waals surface area contributed by atoms with E-state index in [2.05, 4.69) is 4.98 Å². The summed E-state index contributed by atoms with van der Waals surface area (Å²) >= 11 is 5.84. The fourth-order valence-corrected chi connectivity index (χ4v) is 2.35. The molecule has 1 heterocycles. The zero-order valence-corrected chi connectivity index (χ0v) is 11.5. The van der Waals surface area contributed by atoms with Crippen molar-refractivity contribution in [1.82, 2.24) is 9.55 Å². The van der Waals surface area contributed by atoms with E-state index in [1.165, 1.54) is 18.3 Å². The fourth-order valence-electron chi connectivity index (χ4n) is 1.63. The number of halogens is 2. The van der Waals surface area contributed by atoms with Crippen LogP contribution in [0.5, 0.6) is 0 Å². The molecule has 19 heavy (non-hydrogen) atoms. The van der Waals surface area contributed by atoms with Crippen molar-refractivity contribution in [1.29, 1.82) is 0 Å². The average Bonchev–Trinajstić information content (AvgIpc) is 2.67. The molecule has 2 rings (SSSR count). The van der Waals surface area contributed by atoms with Gasteiger partial charge in [0.2, 0.25) is 0 Å². The molecule has 8 heteroatoms. The van der Waals surface area contributed by atoms with Gasteiger partial charge in [-0.25, -0.2) is 22.9 Å². The molecule has 0 spiro atoms. The van der Waals surface area contributed by atoms with Crippen molar-refractivity contribution in [3.05, 3.63) is 46.6 Å². The summed E-state index contributed by atoms with van der Waals surface area (Å²) in [4.78, 5) is 3.84. The first-order valence-corrected chi connectivity index (χ1v) is 7.21. The molecule has 0 atom stereocenters. The van der Waals surface area contributed by atoms with Crippen molar-refractivity contribution in [3.8, 4) is 0 Å². The quantitative estimate of drug-likeness (QED) is 0.937. The Morgan fingerprint density at radius 3 is 2.74 bits per heavy atom. The molecule has 0 aliphatic heterocycles. The number of benzene rings is 1. The van der Waals surface area contributed by atoms with Crippen LogP contribution in [-0.2, 0) is 16.6 Å². The van der Waals surface area contributed by atoms with E-state index in [-0.39, 0.29) is 16.6 Å². The van der Waals surface area contributed by atoms with E-state index in [9.17, 15) is 12.8 Å². The Bertz CT molecular complexity index is 728. The molecule has 0 radical (unpaired) electrons. The molecule has 0 bridgehead atoms. The molecule has 0 saturated heterocycles. The minimum Gasteiger partial charge on any atom is -0.329 e. The molecule has 102 valence electrons. The number of aromatic nitrogens is 2. The van der Waals surface area contributed by atoms with Crippen LogP contribution in [0.2, 0.25) is 5.02 Å². The minimum absolute atomic E-state index is 0.00718. The van der Waals surface area contributed by atoms with Gasteiger partial charge in [-0.15, -0.1) is 0 Å². The highest BCUT2D eigenvalue weighted by Crippen LogP contribution is 2.21. The van der Waals surface area contributed by atoms with Gasteiger partial charge in [-0.05, 0) is 18.6 Å². The predicted molar refractivity (Wildman–Crippen MR) is 68.8 cm³/mol. The highest BCUT2D eigenvalue weighted by atomic mass is 35.5. The largest absolute Gasteiger partial charge is 0.329 e. The third-order valence-electron chi connectivity index (χ3n) is 2.62. The zero-order valence-electron chi connectivity index (χ0n) is 9.97. The topological polar surface area (TPSA) is 78.0 Å². The van der Waals surface area contributed by atoms with Crippen molar-refractivity contribution >= 4 is 21.6 Å². The molecule has 0 amide bonds. The van der Waals surface area contributed by atoms with Gasteiger partial charge < -0.3 is 4.57 Å². The van der Waals surface area contributed by atoms with Crippen LogP contribution in [0.25, 0.3) is 0 Å². The zero-order chi connectivity index (χ0) is 14.2. The molecule has 0 fully saturated rings. The molecule has 0 aliphatic carbocycles. The van der Waals surface area contributed by atoms with E-state index in [0.717, 1.165) is 0 Å². The van der Waals surface area contributed by atoms with Gasteiger partial charge in [0.25, 0.3) is 10.0 Å². The Morgan fingerprint density at radius 2 is 2.16 bits per heavy atom. The number of imidazole rings is 1. The lowest BCUT2D eigenvalue weighted by Crippen LogP contribution is -2.12. The van der Waals surface area contributed by atoms with Gasteiger partial charge in [-0.2, -0.15) is 0 Å². The summed E-state index contributed by atoms with van der Waals surface area (Å²) in [5.41, 5.74) is 0.531. The lowest BCUT2D eigenvalue weighted by Gasteiger charge is -2.07. The minimum atomic E-state index is -3.85. The summed E-state index contributed by atoms with van der Waals surface area (Å²) in [6.07, 6.45) is 1.30. The second-order valence-corrected chi connectivity index (χ2v) is 5.90. The van der Waals surface area contributed by atoms with Crippen LogP contribution in [0.4, 0.5) is 4.39 Å². The Labute approximate surface area is 114 Å². The Balaban J connectivity index is 2.39. The third-order valence-corrected chi connectivity index (χ3v) is 3.82. The second kappa shape index (κ2) is 4.92. The Morgan fingerprint density at radius 1 is 1.47 bits per heavy atom. The standard InChI is InChI=1S/C11H11ClFN3O2S/c1-7-15-10(19(14,17)18)6-16(7)5-8-3-2-4-9(13)11(8)12/h2-4,6H,5H2,1H3,(H2,14,17,18). The summed E-state index contributed by atoms with van der Waals surface area (Å²) in [6, 6.07) is 4.44. The highest BCUT2D eigenvalue weighted by molar-refractivity contribution is 7.89. The summed E-state index contributed by atoms with van der Waals surface area (Å²) in [5.74, 6) is -0.0760. The molecule has 1 aromatic heterocycles. The molecular weight excluding hydrogens is 293 g/mol. The molecule has 0 aliphatic rings. The van der Waals surface area contributed by atoms with Gasteiger partial charge in [-0.1, -0.05) is 23.7 Å². The van der Waals surface area contributed by atoms with Gasteiger partial charge in [0.15, 0.2) is 5.03 Å². The predicted octanol–water partition coefficient (Wildman–Crippen LogP) is 1.68. The lowest BCUT2D eigenvalue weighted by atomic mass is 10.2. The van der Waals surface area contributed by atoms with Crippen LogP contribution in [0.15, 0.2) is 29.4 Å². The summed E-state index contributed by atoms with van der Waals surface area (Å²) in [7, 11) is -3.85. The second-order valence-electron chi connectivity index (χ2n) is 4.01. The van der Waals surface area contributed by atoms with Crippen LogP contribution in [0.1, 0.15) is 11.4 Å². The monoisotopic (exact) mass is 303 g/mol. The van der Waals surface area contributed by atoms with Crippen molar-refractivity contribution in [3.63, 3.8) is 0 Å². The number of sulfonamides is 1. The van der Waals surface area contributed by atoms with Gasteiger partial charge in [0.05, 0.1) is 11.6 Å². The SMILES string of the molecule is Cc1nc(S(N)(=O)=O)cn1Cc1cccc(F)c1Cl. The highest BCUT2D eigenvalue weighted by Gasteiger charge is 2.15. The number of aryl methyl sites for hydroxylation is 1. The Kier molecular flexibility index (Phi) is 3.62. The van der Waals surface area contributed by atoms with E-state index in [1.807, 2.05) is 0 Å². The van der Waals surface area contributed by atoms with E-state index in [0.29, 0.717) is 11.4 Å². The maximum Gasteiger partial charge on any atom is 0.257 e. The van der Waals surface area contributed by atoms with E-state index >= 15 is 0 Å². The lowest BCUT2D eigenvalue weighted by molar-refractivity contribution is 0.594. The van der Waals surface area contributed by atoms with Gasteiger partial charge in [-0.3, -0.25) is 0 Å². The van der Waals surface area contributed by atoms with Crippen molar-refractivity contribution in [2.24, 2.45) is 5.14 Å². The van der Waals surface area contributed by atoms with E-state index < -0.39 is 15.8 Å². The van der Waals surface area contributed by atoms with Crippen LogP contribution in [0.3, 0.4) is 0 Å². The average molecular weight is 304 g/mol. The summed E-state index contributed by atoms with van der Waals surface area (Å²) in [6.45, 7) is 1.84. The van der Waals surface area contributed by atoms with Gasteiger partial charge >= 0.3 is 0 Å². The van der Waals surface area contributed by atoms with E-state index in [1.54, 1.807) is 17.6 Å². The number of nitrogens with zero attached hydrogens (tertiary/aromatic N) is 2. The van der Waals surface area contributed by atoms with Crippen molar-refractivity contribution < 1.29 is 12.8 Å². The van der Waals surface area contributed by atoms with Crippen LogP contribution < -0.4 is 5.14 Å². The maximum atomic E-state index is 13.3. The molecule has 2 aromatic rings. The fraction of sp³-hybridized carbons (Fsp3) is 0.182. The van der Waals surface area contributed by atoms with Crippen molar-refractivity contribution in [2.75, 3.05) is 0 Å². The van der Waals surface area contributed by atoms with Crippen LogP contribution in [-0.4, -0.2) is 18.0 Å². The van der Waals surface area contributed by atoms with Crippen LogP contribution in [0, 0.1) is 12.7 Å². The number of rotatable bonds is 3. The summed E-state index contributed by atoms with van der Waals surface area (Å²) < 4.78 is 37.2. The molecule has 0 saturated carbocycles. The maximum absolute atomic E-state index is 13.3. The van der Waals surface area contributed by atoms with Crippen molar-refractivity contribution in [2.45, 2.75) is 18.5 Å².